The van der Waals surface area contributed by atoms with Gasteiger partial charge in [0.25, 0.3) is 11.8 Å². The second kappa shape index (κ2) is 6.51. The van der Waals surface area contributed by atoms with Crippen molar-refractivity contribution < 1.29 is 24.2 Å². The van der Waals surface area contributed by atoms with Crippen LogP contribution in [0.25, 0.3) is 21.8 Å². The number of para-hydroxylation sites is 1. The summed E-state index contributed by atoms with van der Waals surface area (Å²) >= 11 is 0. The first-order valence-corrected chi connectivity index (χ1v) is 8.80. The summed E-state index contributed by atoms with van der Waals surface area (Å²) in [6.07, 6.45) is 0.519. The number of aliphatic hydroxyl groups excluding tert-OH is 1. The quantitative estimate of drug-likeness (QED) is 0.533. The van der Waals surface area contributed by atoms with Gasteiger partial charge >= 0.3 is 5.97 Å². The SMILES string of the molecule is CCOC(=O)c1cc2c(c3c1C(=O)NC3=O)c1ccccc1n2CCCO. The lowest BCUT2D eigenvalue weighted by molar-refractivity contribution is 0.0523. The topological polar surface area (TPSA) is 97.6 Å². The molecule has 3 aromatic rings. The highest BCUT2D eigenvalue weighted by molar-refractivity contribution is 6.32. The van der Waals surface area contributed by atoms with Gasteiger partial charge in [-0.25, -0.2) is 4.79 Å². The smallest absolute Gasteiger partial charge is 0.339 e. The summed E-state index contributed by atoms with van der Waals surface area (Å²) in [5.41, 5.74) is 1.89. The van der Waals surface area contributed by atoms with Crippen LogP contribution in [0.1, 0.15) is 44.4 Å². The van der Waals surface area contributed by atoms with Gasteiger partial charge in [-0.15, -0.1) is 0 Å². The van der Waals surface area contributed by atoms with E-state index < -0.39 is 17.8 Å². The number of nitrogens with one attached hydrogen (secondary N) is 1. The summed E-state index contributed by atoms with van der Waals surface area (Å²) in [5.74, 6) is -1.75. The van der Waals surface area contributed by atoms with Crippen molar-refractivity contribution >= 4 is 39.6 Å². The summed E-state index contributed by atoms with van der Waals surface area (Å²) in [6, 6.07) is 9.15. The number of aromatic nitrogens is 1. The number of aryl methyl sites for hydroxylation is 1. The molecule has 27 heavy (non-hydrogen) atoms. The van der Waals surface area contributed by atoms with Gasteiger partial charge in [0.15, 0.2) is 0 Å². The second-order valence-corrected chi connectivity index (χ2v) is 6.32. The van der Waals surface area contributed by atoms with Crippen molar-refractivity contribution in [3.05, 3.63) is 47.0 Å². The zero-order chi connectivity index (χ0) is 19.1. The molecule has 7 heteroatoms. The number of fused-ring (bicyclic) bond motifs is 5. The van der Waals surface area contributed by atoms with Crippen molar-refractivity contribution in [2.45, 2.75) is 19.9 Å². The van der Waals surface area contributed by atoms with Crippen LogP contribution in [0, 0.1) is 0 Å². The van der Waals surface area contributed by atoms with Crippen molar-refractivity contribution in [3.8, 4) is 0 Å². The maximum Gasteiger partial charge on any atom is 0.339 e. The van der Waals surface area contributed by atoms with E-state index in [9.17, 15) is 19.5 Å². The molecule has 0 unspecified atom stereocenters. The fourth-order valence-corrected chi connectivity index (χ4v) is 3.74. The Morgan fingerprint density at radius 2 is 1.89 bits per heavy atom. The molecule has 2 heterocycles. The number of hydrogen-bond donors (Lipinski definition) is 2. The Morgan fingerprint density at radius 1 is 1.15 bits per heavy atom. The molecule has 0 spiro atoms. The van der Waals surface area contributed by atoms with E-state index in [-0.39, 0.29) is 29.9 Å². The first-order valence-electron chi connectivity index (χ1n) is 8.80. The van der Waals surface area contributed by atoms with E-state index >= 15 is 0 Å². The monoisotopic (exact) mass is 366 g/mol. The Bertz CT molecular complexity index is 1110. The van der Waals surface area contributed by atoms with E-state index in [4.69, 9.17) is 4.74 Å². The average Bonchev–Trinajstić information content (AvgIpc) is 3.13. The second-order valence-electron chi connectivity index (χ2n) is 6.32. The number of imide groups is 1. The molecule has 0 fully saturated rings. The van der Waals surface area contributed by atoms with Crippen molar-refractivity contribution in [1.82, 2.24) is 9.88 Å². The minimum atomic E-state index is -0.639. The number of hydrogen-bond acceptors (Lipinski definition) is 5. The van der Waals surface area contributed by atoms with Crippen molar-refractivity contribution in [2.24, 2.45) is 0 Å². The molecule has 0 bridgehead atoms. The van der Waals surface area contributed by atoms with Crippen molar-refractivity contribution in [2.75, 3.05) is 13.2 Å². The lowest BCUT2D eigenvalue weighted by Crippen LogP contribution is -2.21. The van der Waals surface area contributed by atoms with E-state index in [1.165, 1.54) is 0 Å². The molecule has 1 aromatic heterocycles. The van der Waals surface area contributed by atoms with Crippen LogP contribution in [-0.2, 0) is 11.3 Å². The molecule has 1 aliphatic rings. The minimum Gasteiger partial charge on any atom is -0.462 e. The van der Waals surface area contributed by atoms with Gasteiger partial charge in [0.1, 0.15) is 0 Å². The molecular weight excluding hydrogens is 348 g/mol. The van der Waals surface area contributed by atoms with Crippen LogP contribution in [0.4, 0.5) is 0 Å². The maximum absolute atomic E-state index is 12.6. The zero-order valence-electron chi connectivity index (χ0n) is 14.7. The number of benzene rings is 2. The molecule has 2 aromatic carbocycles. The lowest BCUT2D eigenvalue weighted by atomic mass is 9.97. The molecule has 1 aliphatic heterocycles. The maximum atomic E-state index is 12.6. The normalized spacial score (nSPS) is 13.3. The Morgan fingerprint density at radius 3 is 2.63 bits per heavy atom. The predicted molar refractivity (Wildman–Crippen MR) is 98.9 cm³/mol. The van der Waals surface area contributed by atoms with E-state index in [0.717, 1.165) is 10.9 Å². The van der Waals surface area contributed by atoms with Crippen LogP contribution in [-0.4, -0.2) is 40.7 Å². The molecule has 0 aliphatic carbocycles. The number of carbonyl (C=O) groups is 3. The number of aliphatic hydroxyl groups is 1. The minimum absolute atomic E-state index is 0.0165. The van der Waals surface area contributed by atoms with Crippen LogP contribution in [0.2, 0.25) is 0 Å². The largest absolute Gasteiger partial charge is 0.462 e. The predicted octanol–water partition coefficient (Wildman–Crippen LogP) is 2.24. The van der Waals surface area contributed by atoms with Gasteiger partial charge in [0.05, 0.1) is 28.8 Å². The summed E-state index contributed by atoms with van der Waals surface area (Å²) in [7, 11) is 0. The molecule has 7 nitrogen and oxygen atoms in total. The lowest BCUT2D eigenvalue weighted by Gasteiger charge is -2.10. The Balaban J connectivity index is 2.15. The van der Waals surface area contributed by atoms with Crippen LogP contribution in [0.15, 0.2) is 30.3 Å². The standard InChI is InChI=1S/C20H18N2O5/c1-2-27-20(26)12-10-14-15(17-16(12)18(24)21-19(17)25)11-6-3-4-7-13(11)22(14)8-5-9-23/h3-4,6-7,10,23H,2,5,8-9H2,1H3,(H,21,24,25). The highest BCUT2D eigenvalue weighted by Gasteiger charge is 2.36. The van der Waals surface area contributed by atoms with E-state index in [1.54, 1.807) is 13.0 Å². The van der Waals surface area contributed by atoms with Gasteiger partial charge in [0, 0.05) is 29.4 Å². The number of nitrogens with zero attached hydrogens (tertiary/aromatic N) is 1. The summed E-state index contributed by atoms with van der Waals surface area (Å²) in [4.78, 5) is 37.4. The highest BCUT2D eigenvalue weighted by atomic mass is 16.5. The van der Waals surface area contributed by atoms with Crippen LogP contribution in [0.5, 0.6) is 0 Å². The number of amides is 2. The first kappa shape index (κ1) is 17.2. The van der Waals surface area contributed by atoms with Crippen LogP contribution in [0.3, 0.4) is 0 Å². The third-order valence-electron chi connectivity index (χ3n) is 4.78. The molecule has 2 amide bonds. The van der Waals surface area contributed by atoms with Gasteiger partial charge in [-0.05, 0) is 25.5 Å². The molecule has 0 saturated carbocycles. The fourth-order valence-electron chi connectivity index (χ4n) is 3.74. The Kier molecular flexibility index (Phi) is 4.16. The number of rotatable bonds is 5. The van der Waals surface area contributed by atoms with E-state index in [2.05, 4.69) is 5.32 Å². The first-order chi connectivity index (χ1) is 13.1. The third-order valence-corrected chi connectivity index (χ3v) is 4.78. The molecule has 138 valence electrons. The molecule has 0 radical (unpaired) electrons. The zero-order valence-corrected chi connectivity index (χ0v) is 14.7. The summed E-state index contributed by atoms with van der Waals surface area (Å²) in [5, 5.41) is 13.0. The number of carbonyl (C=O) groups excluding carboxylic acids is 3. The Hall–Kier alpha value is -3.19. The molecule has 0 atom stereocenters. The van der Waals surface area contributed by atoms with E-state index in [0.29, 0.717) is 23.9 Å². The molecule has 2 N–H and O–H groups in total. The van der Waals surface area contributed by atoms with Gasteiger partial charge in [-0.2, -0.15) is 0 Å². The highest BCUT2D eigenvalue weighted by Crippen LogP contribution is 2.37. The molecule has 0 saturated heterocycles. The van der Waals surface area contributed by atoms with Crippen molar-refractivity contribution in [3.63, 3.8) is 0 Å². The molecular formula is C20H18N2O5. The van der Waals surface area contributed by atoms with Gasteiger partial charge in [-0.3, -0.25) is 14.9 Å². The van der Waals surface area contributed by atoms with Crippen molar-refractivity contribution in [1.29, 1.82) is 0 Å². The molecule has 4 rings (SSSR count). The van der Waals surface area contributed by atoms with E-state index in [1.807, 2.05) is 28.8 Å². The van der Waals surface area contributed by atoms with Gasteiger partial charge < -0.3 is 14.4 Å². The van der Waals surface area contributed by atoms with Gasteiger partial charge in [-0.1, -0.05) is 18.2 Å². The average molecular weight is 366 g/mol. The number of ether oxygens (including phenoxy) is 1. The Labute approximate surface area is 154 Å². The fraction of sp³-hybridized carbons (Fsp3) is 0.250. The number of esters is 1. The summed E-state index contributed by atoms with van der Waals surface area (Å²) < 4.78 is 7.06. The third kappa shape index (κ3) is 2.50. The summed E-state index contributed by atoms with van der Waals surface area (Å²) in [6.45, 7) is 2.37. The van der Waals surface area contributed by atoms with Gasteiger partial charge in [0.2, 0.25) is 0 Å². The van der Waals surface area contributed by atoms with Crippen LogP contribution >= 0.6 is 0 Å². The van der Waals surface area contributed by atoms with Crippen LogP contribution < -0.4 is 5.32 Å².